The van der Waals surface area contributed by atoms with Gasteiger partial charge >= 0.3 is 0 Å². The Morgan fingerprint density at radius 3 is 2.24 bits per heavy atom. The molecule has 1 aromatic carbocycles. The van der Waals surface area contributed by atoms with Crippen LogP contribution < -0.4 is 10.9 Å². The molecule has 0 unspecified atom stereocenters. The fourth-order valence-corrected chi connectivity index (χ4v) is 3.96. The average Bonchev–Trinajstić information content (AvgIpc) is 2.92. The Bertz CT molecular complexity index is 930. The molecule has 0 atom stereocenters. The number of hydrogen-bond donors (Lipinski definition) is 2. The van der Waals surface area contributed by atoms with Crippen LogP contribution in [-0.2, 0) is 16.3 Å². The summed E-state index contributed by atoms with van der Waals surface area (Å²) in [6.07, 6.45) is 1.92. The molecule has 1 heterocycles. The summed E-state index contributed by atoms with van der Waals surface area (Å²) in [7, 11) is -3.42. The van der Waals surface area contributed by atoms with E-state index in [9.17, 15) is 18.0 Å². The zero-order valence-electron chi connectivity index (χ0n) is 14.5. The van der Waals surface area contributed by atoms with Crippen molar-refractivity contribution >= 4 is 33.0 Å². The van der Waals surface area contributed by atoms with Crippen molar-refractivity contribution in [3.05, 3.63) is 50.7 Å². The highest BCUT2D eigenvalue weighted by Gasteiger charge is 2.16. The highest BCUT2D eigenvalue weighted by Crippen LogP contribution is 2.22. The van der Waals surface area contributed by atoms with Crippen LogP contribution in [0.3, 0.4) is 0 Å². The van der Waals surface area contributed by atoms with Gasteiger partial charge in [0.1, 0.15) is 0 Å². The van der Waals surface area contributed by atoms with E-state index in [0.717, 1.165) is 23.1 Å². The van der Waals surface area contributed by atoms with Gasteiger partial charge in [-0.25, -0.2) is 8.42 Å². The van der Waals surface area contributed by atoms with Crippen molar-refractivity contribution in [1.29, 1.82) is 0 Å². The van der Waals surface area contributed by atoms with Crippen LogP contribution in [0.2, 0.25) is 0 Å². The third-order valence-electron chi connectivity index (χ3n) is 3.74. The van der Waals surface area contributed by atoms with Crippen LogP contribution in [0.15, 0.2) is 29.2 Å². The highest BCUT2D eigenvalue weighted by molar-refractivity contribution is 7.90. The monoisotopic (exact) mass is 380 g/mol. The van der Waals surface area contributed by atoms with Gasteiger partial charge in [0.05, 0.1) is 9.77 Å². The largest absolute Gasteiger partial charge is 0.279 e. The molecule has 1 aromatic heterocycles. The van der Waals surface area contributed by atoms with Crippen LogP contribution in [0.5, 0.6) is 0 Å². The predicted octanol–water partition coefficient (Wildman–Crippen LogP) is 2.41. The number of nitrogens with one attached hydrogen (secondary N) is 2. The molecule has 0 aliphatic rings. The van der Waals surface area contributed by atoms with E-state index in [1.165, 1.54) is 23.5 Å². The fraction of sp³-hybridized carbons (Fsp3) is 0.294. The molecule has 2 amide bonds. The maximum atomic E-state index is 12.3. The molecule has 0 aliphatic carbocycles. The summed E-state index contributed by atoms with van der Waals surface area (Å²) in [5.74, 6) is -0.974. The van der Waals surface area contributed by atoms with Crippen LogP contribution >= 0.6 is 11.3 Å². The second-order valence-corrected chi connectivity index (χ2v) is 8.88. The predicted molar refractivity (Wildman–Crippen MR) is 97.7 cm³/mol. The molecule has 0 saturated heterocycles. The van der Waals surface area contributed by atoms with E-state index in [-0.39, 0.29) is 10.5 Å². The molecule has 0 aliphatic heterocycles. The Balaban J connectivity index is 2.13. The number of aryl methyl sites for hydroxylation is 3. The highest BCUT2D eigenvalue weighted by atomic mass is 32.2. The second kappa shape index (κ2) is 7.37. The Labute approximate surface area is 151 Å². The van der Waals surface area contributed by atoms with Gasteiger partial charge in [-0.05, 0) is 49.6 Å². The minimum atomic E-state index is -3.42. The SMILES string of the molecule is CCc1sc(C(=O)NNC(=O)c2cc(S(C)(=O)=O)ccc2C)cc1C. The standard InChI is InChI=1S/C17H20N2O4S2/c1-5-14-11(3)8-15(24-14)17(21)19-18-16(20)13-9-12(25(4,22)23)7-6-10(13)2/h6-9H,5H2,1-4H3,(H,18,20)(H,19,21). The molecule has 2 aromatic rings. The van der Waals surface area contributed by atoms with E-state index < -0.39 is 21.7 Å². The summed E-state index contributed by atoms with van der Waals surface area (Å²) in [5, 5.41) is 0. The fourth-order valence-electron chi connectivity index (χ4n) is 2.30. The van der Waals surface area contributed by atoms with Crippen LogP contribution in [0.4, 0.5) is 0 Å². The van der Waals surface area contributed by atoms with E-state index in [1.54, 1.807) is 19.1 Å². The molecular formula is C17H20N2O4S2. The summed E-state index contributed by atoms with van der Waals surface area (Å²) < 4.78 is 23.3. The Morgan fingerprint density at radius 2 is 1.68 bits per heavy atom. The minimum absolute atomic E-state index is 0.0519. The third kappa shape index (κ3) is 4.46. The van der Waals surface area contributed by atoms with Crippen molar-refractivity contribution in [2.24, 2.45) is 0 Å². The minimum Gasteiger partial charge on any atom is -0.267 e. The lowest BCUT2D eigenvalue weighted by molar-refractivity contribution is 0.0848. The molecular weight excluding hydrogens is 360 g/mol. The number of benzene rings is 1. The van der Waals surface area contributed by atoms with Crippen LogP contribution in [0.1, 0.15) is 43.0 Å². The van der Waals surface area contributed by atoms with Gasteiger partial charge in [-0.15, -0.1) is 11.3 Å². The normalized spacial score (nSPS) is 11.2. The van der Waals surface area contributed by atoms with Gasteiger partial charge in [-0.2, -0.15) is 0 Å². The molecule has 0 bridgehead atoms. The molecule has 2 rings (SSSR count). The van der Waals surface area contributed by atoms with Gasteiger partial charge in [0.2, 0.25) is 0 Å². The van der Waals surface area contributed by atoms with Gasteiger partial charge < -0.3 is 0 Å². The van der Waals surface area contributed by atoms with E-state index in [0.29, 0.717) is 10.4 Å². The van der Waals surface area contributed by atoms with Crippen molar-refractivity contribution in [2.45, 2.75) is 32.1 Å². The number of sulfone groups is 1. The zero-order valence-corrected chi connectivity index (χ0v) is 16.1. The molecule has 2 N–H and O–H groups in total. The summed E-state index contributed by atoms with van der Waals surface area (Å²) in [4.78, 5) is 26.1. The summed E-state index contributed by atoms with van der Waals surface area (Å²) in [6.45, 7) is 5.64. The Morgan fingerprint density at radius 1 is 1.04 bits per heavy atom. The van der Waals surface area contributed by atoms with Crippen LogP contribution in [0, 0.1) is 13.8 Å². The molecule has 0 fully saturated rings. The van der Waals surface area contributed by atoms with Crippen molar-refractivity contribution in [3.8, 4) is 0 Å². The number of carbonyl (C=O) groups is 2. The molecule has 8 heteroatoms. The topological polar surface area (TPSA) is 92.3 Å². The Kier molecular flexibility index (Phi) is 5.64. The first kappa shape index (κ1) is 19.1. The van der Waals surface area contributed by atoms with Crippen molar-refractivity contribution in [1.82, 2.24) is 10.9 Å². The third-order valence-corrected chi connectivity index (χ3v) is 6.23. The van der Waals surface area contributed by atoms with E-state index in [2.05, 4.69) is 10.9 Å². The summed E-state index contributed by atoms with van der Waals surface area (Å²) in [5.41, 5.74) is 6.55. The first-order chi connectivity index (χ1) is 11.6. The van der Waals surface area contributed by atoms with Gasteiger partial charge in [0.25, 0.3) is 11.8 Å². The first-order valence-electron chi connectivity index (χ1n) is 7.64. The first-order valence-corrected chi connectivity index (χ1v) is 10.3. The molecule has 25 heavy (non-hydrogen) atoms. The van der Waals surface area contributed by atoms with Crippen molar-refractivity contribution in [2.75, 3.05) is 6.26 Å². The lowest BCUT2D eigenvalue weighted by atomic mass is 10.1. The maximum absolute atomic E-state index is 12.3. The van der Waals surface area contributed by atoms with Crippen LogP contribution in [-0.4, -0.2) is 26.5 Å². The molecule has 0 spiro atoms. The number of thiophene rings is 1. The average molecular weight is 380 g/mol. The number of rotatable bonds is 4. The zero-order chi connectivity index (χ0) is 18.8. The summed E-state index contributed by atoms with van der Waals surface area (Å²) in [6, 6.07) is 6.08. The molecule has 134 valence electrons. The number of amides is 2. The second-order valence-electron chi connectivity index (χ2n) is 5.73. The van der Waals surface area contributed by atoms with E-state index in [1.807, 2.05) is 13.8 Å². The van der Waals surface area contributed by atoms with Gasteiger partial charge in [0.15, 0.2) is 9.84 Å². The molecule has 0 radical (unpaired) electrons. The van der Waals surface area contributed by atoms with Crippen molar-refractivity contribution < 1.29 is 18.0 Å². The lowest BCUT2D eigenvalue weighted by Crippen LogP contribution is -2.41. The molecule has 6 nitrogen and oxygen atoms in total. The smallest absolute Gasteiger partial charge is 0.267 e. The lowest BCUT2D eigenvalue weighted by Gasteiger charge is -2.10. The van der Waals surface area contributed by atoms with Gasteiger partial charge in [-0.3, -0.25) is 20.4 Å². The number of hydrazine groups is 1. The van der Waals surface area contributed by atoms with Gasteiger partial charge in [0, 0.05) is 16.7 Å². The number of hydrogen-bond acceptors (Lipinski definition) is 5. The quantitative estimate of drug-likeness (QED) is 0.797. The number of carbonyl (C=O) groups excluding carboxylic acids is 2. The van der Waals surface area contributed by atoms with E-state index >= 15 is 0 Å². The van der Waals surface area contributed by atoms with Crippen molar-refractivity contribution in [3.63, 3.8) is 0 Å². The van der Waals surface area contributed by atoms with Gasteiger partial charge in [-0.1, -0.05) is 13.0 Å². The summed E-state index contributed by atoms with van der Waals surface area (Å²) >= 11 is 1.38. The maximum Gasteiger partial charge on any atom is 0.279 e. The Hall–Kier alpha value is -2.19. The molecule has 0 saturated carbocycles. The van der Waals surface area contributed by atoms with Crippen LogP contribution in [0.25, 0.3) is 0 Å². The van der Waals surface area contributed by atoms with E-state index in [4.69, 9.17) is 0 Å².